The lowest BCUT2D eigenvalue weighted by molar-refractivity contribution is 0.0591. The van der Waals surface area contributed by atoms with E-state index in [0.29, 0.717) is 5.75 Å². The van der Waals surface area contributed by atoms with E-state index in [1.165, 1.54) is 5.56 Å². The summed E-state index contributed by atoms with van der Waals surface area (Å²) in [4.78, 5) is 5.02. The lowest BCUT2D eigenvalue weighted by atomic mass is 10.0. The van der Waals surface area contributed by atoms with Gasteiger partial charge in [0.05, 0.1) is 0 Å². The highest BCUT2D eigenvalue weighted by molar-refractivity contribution is 5.25. The molecular weight excluding hydrogens is 224 g/mol. The van der Waals surface area contributed by atoms with Gasteiger partial charge in [0.1, 0.15) is 5.75 Å². The van der Waals surface area contributed by atoms with Crippen molar-refractivity contribution in [1.82, 2.24) is 9.80 Å². The molecular formula is C15H24N2O. The summed E-state index contributed by atoms with van der Waals surface area (Å²) >= 11 is 0. The van der Waals surface area contributed by atoms with E-state index in [0.717, 1.165) is 32.7 Å². The van der Waals surface area contributed by atoms with E-state index in [9.17, 15) is 5.11 Å². The summed E-state index contributed by atoms with van der Waals surface area (Å²) in [7, 11) is 0. The molecule has 0 amide bonds. The van der Waals surface area contributed by atoms with Crippen molar-refractivity contribution in [2.45, 2.75) is 32.9 Å². The first-order chi connectivity index (χ1) is 8.45. The molecule has 1 fully saturated rings. The van der Waals surface area contributed by atoms with Gasteiger partial charge >= 0.3 is 0 Å². The van der Waals surface area contributed by atoms with Crippen LogP contribution in [0.25, 0.3) is 0 Å². The zero-order valence-electron chi connectivity index (χ0n) is 11.7. The van der Waals surface area contributed by atoms with Crippen molar-refractivity contribution >= 4 is 0 Å². The number of rotatable bonds is 2. The number of aromatic hydroxyl groups is 1. The maximum absolute atomic E-state index is 9.27. The smallest absolute Gasteiger partial charge is 0.115 e. The molecule has 1 heterocycles. The summed E-state index contributed by atoms with van der Waals surface area (Å²) < 4.78 is 0. The van der Waals surface area contributed by atoms with Crippen LogP contribution in [0, 0.1) is 0 Å². The van der Waals surface area contributed by atoms with Crippen LogP contribution < -0.4 is 0 Å². The van der Waals surface area contributed by atoms with Crippen LogP contribution in [-0.4, -0.2) is 46.6 Å². The second kappa shape index (κ2) is 5.29. The Morgan fingerprint density at radius 1 is 1.00 bits per heavy atom. The highest BCUT2D eigenvalue weighted by Gasteiger charge is 2.25. The van der Waals surface area contributed by atoms with Crippen molar-refractivity contribution < 1.29 is 5.11 Å². The van der Waals surface area contributed by atoms with Gasteiger partial charge in [0.25, 0.3) is 0 Å². The molecule has 3 heteroatoms. The van der Waals surface area contributed by atoms with Gasteiger partial charge in [-0.1, -0.05) is 12.1 Å². The number of nitrogens with zero attached hydrogens (tertiary/aromatic N) is 2. The predicted molar refractivity (Wildman–Crippen MR) is 74.7 cm³/mol. The molecule has 0 atom stereocenters. The van der Waals surface area contributed by atoms with Gasteiger partial charge in [-0.15, -0.1) is 0 Å². The van der Waals surface area contributed by atoms with E-state index in [1.54, 1.807) is 12.1 Å². The van der Waals surface area contributed by atoms with E-state index in [2.05, 4.69) is 30.6 Å². The molecule has 0 unspecified atom stereocenters. The summed E-state index contributed by atoms with van der Waals surface area (Å²) in [6.07, 6.45) is 0. The molecule has 0 bridgehead atoms. The highest BCUT2D eigenvalue weighted by atomic mass is 16.3. The van der Waals surface area contributed by atoms with Crippen LogP contribution in [0.2, 0.25) is 0 Å². The lowest BCUT2D eigenvalue weighted by Gasteiger charge is -2.42. The van der Waals surface area contributed by atoms with Crippen molar-refractivity contribution in [3.05, 3.63) is 29.8 Å². The molecule has 0 radical (unpaired) electrons. The Balaban J connectivity index is 1.85. The molecule has 1 aliphatic rings. The van der Waals surface area contributed by atoms with Crippen LogP contribution >= 0.6 is 0 Å². The SMILES string of the molecule is CC(C)(C)N1CCN(Cc2ccc(O)cc2)CC1. The average molecular weight is 248 g/mol. The van der Waals surface area contributed by atoms with Gasteiger partial charge in [-0.2, -0.15) is 0 Å². The fourth-order valence-electron chi connectivity index (χ4n) is 2.44. The van der Waals surface area contributed by atoms with Crippen LogP contribution in [-0.2, 0) is 6.54 Å². The Morgan fingerprint density at radius 2 is 1.56 bits per heavy atom. The molecule has 2 rings (SSSR count). The van der Waals surface area contributed by atoms with Crippen LogP contribution in [0.4, 0.5) is 0 Å². The number of hydrogen-bond donors (Lipinski definition) is 1. The molecule has 0 spiro atoms. The Bertz CT molecular complexity index is 372. The summed E-state index contributed by atoms with van der Waals surface area (Å²) in [6, 6.07) is 7.54. The number of hydrogen-bond acceptors (Lipinski definition) is 3. The second-order valence-corrected chi connectivity index (χ2v) is 6.10. The molecule has 100 valence electrons. The van der Waals surface area contributed by atoms with E-state index in [-0.39, 0.29) is 5.54 Å². The molecule has 1 aromatic rings. The van der Waals surface area contributed by atoms with E-state index in [4.69, 9.17) is 0 Å². The van der Waals surface area contributed by atoms with Gasteiger partial charge in [-0.05, 0) is 38.5 Å². The summed E-state index contributed by atoms with van der Waals surface area (Å²) in [5.74, 6) is 0.344. The van der Waals surface area contributed by atoms with Crippen molar-refractivity contribution in [2.24, 2.45) is 0 Å². The van der Waals surface area contributed by atoms with Crippen LogP contribution in [0.5, 0.6) is 5.75 Å². The maximum atomic E-state index is 9.27. The minimum atomic E-state index is 0.282. The van der Waals surface area contributed by atoms with Gasteiger partial charge in [0.15, 0.2) is 0 Å². The normalized spacial score (nSPS) is 19.1. The van der Waals surface area contributed by atoms with Crippen molar-refractivity contribution in [3.63, 3.8) is 0 Å². The zero-order chi connectivity index (χ0) is 13.2. The average Bonchev–Trinajstić information content (AvgIpc) is 2.32. The minimum absolute atomic E-state index is 0.282. The molecule has 0 saturated carbocycles. The van der Waals surface area contributed by atoms with Crippen LogP contribution in [0.3, 0.4) is 0 Å². The summed E-state index contributed by atoms with van der Waals surface area (Å²) in [6.45, 7) is 12.4. The quantitative estimate of drug-likeness (QED) is 0.870. The predicted octanol–water partition coefficient (Wildman–Crippen LogP) is 2.31. The van der Waals surface area contributed by atoms with Gasteiger partial charge < -0.3 is 5.11 Å². The van der Waals surface area contributed by atoms with Gasteiger partial charge in [-0.3, -0.25) is 9.80 Å². The van der Waals surface area contributed by atoms with Crippen LogP contribution in [0.15, 0.2) is 24.3 Å². The first-order valence-corrected chi connectivity index (χ1v) is 6.70. The Morgan fingerprint density at radius 3 is 2.06 bits per heavy atom. The molecule has 1 aliphatic heterocycles. The third kappa shape index (κ3) is 3.47. The molecule has 3 nitrogen and oxygen atoms in total. The van der Waals surface area contributed by atoms with E-state index < -0.39 is 0 Å². The van der Waals surface area contributed by atoms with E-state index in [1.807, 2.05) is 12.1 Å². The molecule has 1 saturated heterocycles. The number of benzene rings is 1. The molecule has 18 heavy (non-hydrogen) atoms. The lowest BCUT2D eigenvalue weighted by Crippen LogP contribution is -2.53. The first kappa shape index (κ1) is 13.4. The Labute approximate surface area is 110 Å². The van der Waals surface area contributed by atoms with Gasteiger partial charge in [0.2, 0.25) is 0 Å². The topological polar surface area (TPSA) is 26.7 Å². The standard InChI is InChI=1S/C15H24N2O/c1-15(2,3)17-10-8-16(9-11-17)12-13-4-6-14(18)7-5-13/h4-7,18H,8-12H2,1-3H3. The monoisotopic (exact) mass is 248 g/mol. The molecule has 1 aromatic carbocycles. The van der Waals surface area contributed by atoms with Crippen molar-refractivity contribution in [3.8, 4) is 5.75 Å². The molecule has 0 aromatic heterocycles. The first-order valence-electron chi connectivity index (χ1n) is 6.70. The number of phenolic OH excluding ortho intramolecular Hbond substituents is 1. The Hall–Kier alpha value is -1.06. The number of piperazine rings is 1. The minimum Gasteiger partial charge on any atom is -0.508 e. The summed E-state index contributed by atoms with van der Waals surface area (Å²) in [5.41, 5.74) is 1.56. The number of phenols is 1. The second-order valence-electron chi connectivity index (χ2n) is 6.10. The maximum Gasteiger partial charge on any atom is 0.115 e. The summed E-state index contributed by atoms with van der Waals surface area (Å²) in [5, 5.41) is 9.27. The van der Waals surface area contributed by atoms with Crippen molar-refractivity contribution in [2.75, 3.05) is 26.2 Å². The third-order valence-electron chi connectivity index (χ3n) is 3.66. The Kier molecular flexibility index (Phi) is 3.93. The zero-order valence-corrected chi connectivity index (χ0v) is 11.7. The van der Waals surface area contributed by atoms with Gasteiger partial charge in [0, 0.05) is 38.3 Å². The molecule has 0 aliphatic carbocycles. The van der Waals surface area contributed by atoms with Gasteiger partial charge in [-0.25, -0.2) is 0 Å². The largest absolute Gasteiger partial charge is 0.508 e. The fourth-order valence-corrected chi connectivity index (χ4v) is 2.44. The fraction of sp³-hybridized carbons (Fsp3) is 0.600. The third-order valence-corrected chi connectivity index (χ3v) is 3.66. The van der Waals surface area contributed by atoms with E-state index >= 15 is 0 Å². The van der Waals surface area contributed by atoms with Crippen molar-refractivity contribution in [1.29, 1.82) is 0 Å². The molecule has 1 N–H and O–H groups in total. The highest BCUT2D eigenvalue weighted by Crippen LogP contribution is 2.17. The van der Waals surface area contributed by atoms with Crippen LogP contribution in [0.1, 0.15) is 26.3 Å².